The highest BCUT2D eigenvalue weighted by Crippen LogP contribution is 2.16. The Morgan fingerprint density at radius 3 is 2.36 bits per heavy atom. The number of hydrogen-bond acceptors (Lipinski definition) is 3. The molecule has 0 atom stereocenters. The zero-order valence-corrected chi connectivity index (χ0v) is 13.2. The molecule has 22 heavy (non-hydrogen) atoms. The molecule has 2 aromatic rings. The third kappa shape index (κ3) is 2.45. The predicted molar refractivity (Wildman–Crippen MR) is 82.8 cm³/mol. The van der Waals surface area contributed by atoms with Gasteiger partial charge in [0.25, 0.3) is 5.91 Å². The van der Waals surface area contributed by atoms with Gasteiger partial charge in [-0.25, -0.2) is 4.98 Å². The van der Waals surface area contributed by atoms with Gasteiger partial charge in [0.2, 0.25) is 5.91 Å². The molecule has 6 nitrogen and oxygen atoms in total. The number of imidazole rings is 1. The van der Waals surface area contributed by atoms with Crippen LogP contribution in [0.25, 0.3) is 5.65 Å². The average molecular weight is 300 g/mol. The number of amides is 2. The molecule has 1 aliphatic heterocycles. The molecule has 0 spiro atoms. The van der Waals surface area contributed by atoms with Crippen LogP contribution in [0.5, 0.6) is 0 Å². The summed E-state index contributed by atoms with van der Waals surface area (Å²) in [5, 5.41) is 0. The molecule has 0 radical (unpaired) electrons. The van der Waals surface area contributed by atoms with Gasteiger partial charge in [0, 0.05) is 39.3 Å². The van der Waals surface area contributed by atoms with Gasteiger partial charge in [0.15, 0.2) is 0 Å². The predicted octanol–water partition coefficient (Wildman–Crippen LogP) is 1.26. The highest BCUT2D eigenvalue weighted by Gasteiger charge is 2.26. The summed E-state index contributed by atoms with van der Waals surface area (Å²) in [5.41, 5.74) is 3.27. The third-order valence-corrected chi connectivity index (χ3v) is 4.17. The van der Waals surface area contributed by atoms with Crippen molar-refractivity contribution in [2.24, 2.45) is 0 Å². The second kappa shape index (κ2) is 5.44. The molecule has 6 heteroatoms. The Balaban J connectivity index is 1.87. The van der Waals surface area contributed by atoms with Crippen LogP contribution in [-0.2, 0) is 4.79 Å². The summed E-state index contributed by atoms with van der Waals surface area (Å²) in [7, 11) is 0. The van der Waals surface area contributed by atoms with Gasteiger partial charge in [-0.15, -0.1) is 0 Å². The van der Waals surface area contributed by atoms with Crippen LogP contribution in [0.4, 0.5) is 0 Å². The summed E-state index contributed by atoms with van der Waals surface area (Å²) in [5.74, 6) is 0.0469. The van der Waals surface area contributed by atoms with Crippen LogP contribution >= 0.6 is 0 Å². The van der Waals surface area contributed by atoms with Crippen LogP contribution in [0, 0.1) is 13.8 Å². The van der Waals surface area contributed by atoms with E-state index in [9.17, 15) is 9.59 Å². The lowest BCUT2D eigenvalue weighted by atomic mass is 10.2. The van der Waals surface area contributed by atoms with Gasteiger partial charge in [0.05, 0.1) is 5.69 Å². The second-order valence-electron chi connectivity index (χ2n) is 5.78. The first-order valence-corrected chi connectivity index (χ1v) is 7.47. The smallest absolute Gasteiger partial charge is 0.272 e. The number of rotatable bonds is 1. The van der Waals surface area contributed by atoms with E-state index in [1.807, 2.05) is 36.6 Å². The summed E-state index contributed by atoms with van der Waals surface area (Å²) in [6.45, 7) is 7.75. The van der Waals surface area contributed by atoms with E-state index in [-0.39, 0.29) is 11.8 Å². The fraction of sp³-hybridized carbons (Fsp3) is 0.438. The Bertz CT molecular complexity index is 742. The molecule has 116 valence electrons. The Kier molecular flexibility index (Phi) is 3.60. The number of nitrogens with zero attached hydrogens (tertiary/aromatic N) is 4. The minimum Gasteiger partial charge on any atom is -0.339 e. The summed E-state index contributed by atoms with van der Waals surface area (Å²) in [6.07, 6.45) is 1.89. The van der Waals surface area contributed by atoms with Gasteiger partial charge < -0.3 is 9.80 Å². The van der Waals surface area contributed by atoms with Crippen LogP contribution in [0.15, 0.2) is 18.3 Å². The molecule has 3 heterocycles. The maximum Gasteiger partial charge on any atom is 0.272 e. The number of carbonyl (C=O) groups is 2. The molecule has 3 rings (SSSR count). The minimum absolute atomic E-state index is 0.0166. The maximum atomic E-state index is 12.8. The second-order valence-corrected chi connectivity index (χ2v) is 5.78. The number of carbonyl (C=O) groups excluding carboxylic acids is 2. The maximum absolute atomic E-state index is 12.8. The molecule has 0 unspecified atom stereocenters. The first-order valence-electron chi connectivity index (χ1n) is 7.47. The van der Waals surface area contributed by atoms with E-state index in [2.05, 4.69) is 4.98 Å². The van der Waals surface area contributed by atoms with E-state index in [0.29, 0.717) is 31.9 Å². The van der Waals surface area contributed by atoms with Gasteiger partial charge in [0.1, 0.15) is 11.3 Å². The van der Waals surface area contributed by atoms with Crippen molar-refractivity contribution in [3.63, 3.8) is 0 Å². The van der Waals surface area contributed by atoms with Gasteiger partial charge >= 0.3 is 0 Å². The van der Waals surface area contributed by atoms with Crippen molar-refractivity contribution in [3.8, 4) is 0 Å². The molecule has 0 aliphatic carbocycles. The van der Waals surface area contributed by atoms with E-state index in [4.69, 9.17) is 0 Å². The molecule has 0 bridgehead atoms. The van der Waals surface area contributed by atoms with Crippen LogP contribution in [-0.4, -0.2) is 57.2 Å². The molecule has 0 N–H and O–H groups in total. The molecule has 2 aromatic heterocycles. The molecule has 1 aliphatic rings. The highest BCUT2D eigenvalue weighted by molar-refractivity contribution is 5.95. The molecular formula is C16H20N4O2. The summed E-state index contributed by atoms with van der Waals surface area (Å²) < 4.78 is 1.85. The molecule has 0 saturated carbocycles. The quantitative estimate of drug-likeness (QED) is 0.796. The van der Waals surface area contributed by atoms with Crippen LogP contribution in [0.1, 0.15) is 28.7 Å². The Labute approximate surface area is 129 Å². The Morgan fingerprint density at radius 2 is 1.73 bits per heavy atom. The average Bonchev–Trinajstić information content (AvgIpc) is 2.81. The fourth-order valence-corrected chi connectivity index (χ4v) is 2.90. The topological polar surface area (TPSA) is 57.9 Å². The highest BCUT2D eigenvalue weighted by atomic mass is 16.2. The number of fused-ring (bicyclic) bond motifs is 1. The van der Waals surface area contributed by atoms with Crippen LogP contribution in [0.2, 0.25) is 0 Å². The minimum atomic E-state index is -0.0166. The van der Waals surface area contributed by atoms with E-state index in [1.165, 1.54) is 0 Å². The largest absolute Gasteiger partial charge is 0.339 e. The van der Waals surface area contributed by atoms with Crippen molar-refractivity contribution in [2.45, 2.75) is 20.8 Å². The van der Waals surface area contributed by atoms with Gasteiger partial charge in [-0.2, -0.15) is 0 Å². The van der Waals surface area contributed by atoms with Crippen molar-refractivity contribution in [1.29, 1.82) is 0 Å². The van der Waals surface area contributed by atoms with E-state index in [0.717, 1.165) is 16.9 Å². The lowest BCUT2D eigenvalue weighted by molar-refractivity contribution is -0.130. The SMILES string of the molecule is CC(=O)N1CCN(C(=O)c2c(C)nc3cc(C)ccn23)CC1. The van der Waals surface area contributed by atoms with Gasteiger partial charge in [-0.1, -0.05) is 0 Å². The van der Waals surface area contributed by atoms with E-state index in [1.54, 1.807) is 16.7 Å². The zero-order chi connectivity index (χ0) is 15.9. The number of aryl methyl sites for hydroxylation is 2. The molecule has 2 amide bonds. The van der Waals surface area contributed by atoms with Crippen molar-refractivity contribution < 1.29 is 9.59 Å². The van der Waals surface area contributed by atoms with Crippen molar-refractivity contribution >= 4 is 17.5 Å². The van der Waals surface area contributed by atoms with Gasteiger partial charge in [-0.05, 0) is 31.5 Å². The summed E-state index contributed by atoms with van der Waals surface area (Å²) in [6, 6.07) is 3.94. The number of aromatic nitrogens is 2. The monoisotopic (exact) mass is 300 g/mol. The number of pyridine rings is 1. The Morgan fingerprint density at radius 1 is 1.09 bits per heavy atom. The lowest BCUT2D eigenvalue weighted by Gasteiger charge is -2.34. The number of hydrogen-bond donors (Lipinski definition) is 0. The van der Waals surface area contributed by atoms with E-state index >= 15 is 0 Å². The third-order valence-electron chi connectivity index (χ3n) is 4.17. The van der Waals surface area contributed by atoms with Crippen molar-refractivity contribution in [1.82, 2.24) is 19.2 Å². The normalized spacial score (nSPS) is 15.4. The van der Waals surface area contributed by atoms with Gasteiger partial charge in [-0.3, -0.25) is 14.0 Å². The number of piperazine rings is 1. The summed E-state index contributed by atoms with van der Waals surface area (Å²) in [4.78, 5) is 32.2. The first-order chi connectivity index (χ1) is 10.5. The molecule has 1 fully saturated rings. The molecule has 1 saturated heterocycles. The fourth-order valence-electron chi connectivity index (χ4n) is 2.90. The standard InChI is InChI=1S/C16H20N4O2/c1-11-4-5-20-14(10-11)17-12(2)15(20)16(22)19-8-6-18(7-9-19)13(3)21/h4-5,10H,6-9H2,1-3H3. The zero-order valence-electron chi connectivity index (χ0n) is 13.2. The Hall–Kier alpha value is -2.37. The van der Waals surface area contributed by atoms with Crippen LogP contribution < -0.4 is 0 Å². The van der Waals surface area contributed by atoms with Crippen molar-refractivity contribution in [3.05, 3.63) is 35.3 Å². The lowest BCUT2D eigenvalue weighted by Crippen LogP contribution is -2.50. The van der Waals surface area contributed by atoms with Crippen LogP contribution in [0.3, 0.4) is 0 Å². The molecular weight excluding hydrogens is 280 g/mol. The summed E-state index contributed by atoms with van der Waals surface area (Å²) >= 11 is 0. The van der Waals surface area contributed by atoms with E-state index < -0.39 is 0 Å². The first kappa shape index (κ1) is 14.6. The van der Waals surface area contributed by atoms with Crippen molar-refractivity contribution in [2.75, 3.05) is 26.2 Å². The molecule has 0 aromatic carbocycles.